The lowest BCUT2D eigenvalue weighted by atomic mass is 9.64. The Hall–Kier alpha value is -3.44. The largest absolute Gasteiger partial charge is 0.461 e. The smallest absolute Gasteiger partial charge is 0.323 e. The van der Waals surface area contributed by atoms with Gasteiger partial charge in [0, 0.05) is 17.4 Å². The Morgan fingerprint density at radius 1 is 1.03 bits per heavy atom. The van der Waals surface area contributed by atoms with Gasteiger partial charge in [0.15, 0.2) is 16.6 Å². The van der Waals surface area contributed by atoms with E-state index in [4.69, 9.17) is 4.74 Å². The molecule has 5 heteroatoms. The number of carbonyl (C=O) groups excluding carboxylic acids is 2. The molecule has 0 unspecified atom stereocenters. The highest BCUT2D eigenvalue weighted by Gasteiger charge is 2.91. The van der Waals surface area contributed by atoms with Crippen molar-refractivity contribution in [3.8, 4) is 12.1 Å². The van der Waals surface area contributed by atoms with Crippen LogP contribution < -0.4 is 0 Å². The summed E-state index contributed by atoms with van der Waals surface area (Å²) in [5, 5.41) is 19.9. The summed E-state index contributed by atoms with van der Waals surface area (Å²) in [4.78, 5) is 27.4. The molecule has 0 amide bonds. The zero-order valence-corrected chi connectivity index (χ0v) is 19.7. The fraction of sp³-hybridized carbons (Fsp3) is 0.448. The standard InChI is InChI=1S/C29H28N2O3/c1-18-13-14-22(27(2,3)19-9-5-4-6-10-19)23(15-18)34-26(33)29-24(28(29,16-30)17-31)20-11-7-8-12-21(20)25(29)32/h4-12,18,22-24H,13-15H2,1-3H3/t18-,22-,23-,24-,29+/m0/s1. The van der Waals surface area contributed by atoms with Gasteiger partial charge in [-0.05, 0) is 35.3 Å². The predicted molar refractivity (Wildman–Crippen MR) is 125 cm³/mol. The minimum atomic E-state index is -1.76. The first kappa shape index (κ1) is 22.4. The third-order valence-corrected chi connectivity index (χ3v) is 8.71. The molecule has 0 aliphatic heterocycles. The van der Waals surface area contributed by atoms with Crippen LogP contribution in [0.5, 0.6) is 0 Å². The molecule has 34 heavy (non-hydrogen) atoms. The lowest BCUT2D eigenvalue weighted by Gasteiger charge is -2.44. The van der Waals surface area contributed by atoms with E-state index in [1.807, 2.05) is 30.3 Å². The van der Waals surface area contributed by atoms with E-state index >= 15 is 0 Å². The zero-order valence-electron chi connectivity index (χ0n) is 19.7. The Morgan fingerprint density at radius 2 is 1.68 bits per heavy atom. The van der Waals surface area contributed by atoms with Crippen LogP contribution in [-0.4, -0.2) is 17.9 Å². The molecule has 0 spiro atoms. The number of hydrogen-bond donors (Lipinski definition) is 0. The van der Waals surface area contributed by atoms with E-state index in [1.54, 1.807) is 24.3 Å². The summed E-state index contributed by atoms with van der Waals surface area (Å²) in [6.07, 6.45) is 2.23. The van der Waals surface area contributed by atoms with Gasteiger partial charge in [-0.15, -0.1) is 0 Å². The van der Waals surface area contributed by atoms with E-state index in [9.17, 15) is 20.1 Å². The van der Waals surface area contributed by atoms with Crippen LogP contribution in [0.2, 0.25) is 0 Å². The summed E-state index contributed by atoms with van der Waals surface area (Å²) in [6, 6.07) is 21.2. The van der Waals surface area contributed by atoms with Gasteiger partial charge in [-0.2, -0.15) is 10.5 Å². The molecule has 3 aliphatic carbocycles. The normalized spacial score (nSPS) is 30.9. The number of rotatable bonds is 4. The van der Waals surface area contributed by atoms with Crippen LogP contribution in [0.3, 0.4) is 0 Å². The van der Waals surface area contributed by atoms with Crippen LogP contribution in [0.25, 0.3) is 0 Å². The Kier molecular flexibility index (Phi) is 4.96. The van der Waals surface area contributed by atoms with Gasteiger partial charge in [-0.1, -0.05) is 81.8 Å². The number of carbonyl (C=O) groups is 2. The molecule has 5 nitrogen and oxygen atoms in total. The van der Waals surface area contributed by atoms with E-state index in [2.05, 4.69) is 32.9 Å². The van der Waals surface area contributed by atoms with Crippen molar-refractivity contribution in [2.75, 3.05) is 0 Å². The first-order valence-corrected chi connectivity index (χ1v) is 12.0. The van der Waals surface area contributed by atoms with Crippen molar-refractivity contribution < 1.29 is 14.3 Å². The monoisotopic (exact) mass is 452 g/mol. The predicted octanol–water partition coefficient (Wildman–Crippen LogP) is 5.33. The third kappa shape index (κ3) is 2.70. The van der Waals surface area contributed by atoms with Gasteiger partial charge in [-0.25, -0.2) is 0 Å². The van der Waals surface area contributed by atoms with Crippen LogP contribution in [0.15, 0.2) is 54.6 Å². The summed E-state index contributed by atoms with van der Waals surface area (Å²) in [5.74, 6) is -1.51. The Balaban J connectivity index is 1.51. The maximum absolute atomic E-state index is 13.9. The van der Waals surface area contributed by atoms with E-state index in [0.717, 1.165) is 12.8 Å². The lowest BCUT2D eigenvalue weighted by molar-refractivity contribution is -0.162. The zero-order chi connectivity index (χ0) is 24.3. The number of benzene rings is 2. The van der Waals surface area contributed by atoms with Crippen LogP contribution in [-0.2, 0) is 14.9 Å². The van der Waals surface area contributed by atoms with E-state index in [-0.39, 0.29) is 11.3 Å². The number of nitrogens with zero attached hydrogens (tertiary/aromatic N) is 2. The molecule has 2 aromatic rings. The van der Waals surface area contributed by atoms with Gasteiger partial charge in [-0.3, -0.25) is 9.59 Å². The maximum Gasteiger partial charge on any atom is 0.323 e. The van der Waals surface area contributed by atoms with Crippen LogP contribution in [0, 0.1) is 45.3 Å². The number of hydrogen-bond acceptors (Lipinski definition) is 5. The van der Waals surface area contributed by atoms with Crippen molar-refractivity contribution >= 4 is 11.8 Å². The van der Waals surface area contributed by atoms with Crippen LogP contribution >= 0.6 is 0 Å². The average Bonchev–Trinajstić information content (AvgIpc) is 3.38. The number of ether oxygens (including phenoxy) is 1. The summed E-state index contributed by atoms with van der Waals surface area (Å²) < 4.78 is 6.21. The molecule has 5 rings (SSSR count). The number of nitriles is 2. The molecule has 0 N–H and O–H groups in total. The van der Waals surface area contributed by atoms with Crippen molar-refractivity contribution in [1.29, 1.82) is 10.5 Å². The van der Waals surface area contributed by atoms with Crippen molar-refractivity contribution in [2.45, 2.75) is 57.5 Å². The van der Waals surface area contributed by atoms with Crippen LogP contribution in [0.4, 0.5) is 0 Å². The highest BCUT2D eigenvalue weighted by Crippen LogP contribution is 2.79. The van der Waals surface area contributed by atoms with Gasteiger partial charge in [0.1, 0.15) is 6.10 Å². The second kappa shape index (κ2) is 7.54. The van der Waals surface area contributed by atoms with Crippen LogP contribution in [0.1, 0.15) is 67.4 Å². The molecular weight excluding hydrogens is 424 g/mol. The molecule has 2 aromatic carbocycles. The minimum absolute atomic E-state index is 0.0566. The minimum Gasteiger partial charge on any atom is -0.461 e. The molecule has 0 bridgehead atoms. The number of esters is 1. The van der Waals surface area contributed by atoms with Crippen molar-refractivity contribution in [3.63, 3.8) is 0 Å². The van der Waals surface area contributed by atoms with E-state index < -0.39 is 34.6 Å². The van der Waals surface area contributed by atoms with Crippen molar-refractivity contribution in [3.05, 3.63) is 71.3 Å². The second-order valence-corrected chi connectivity index (χ2v) is 10.7. The summed E-state index contributed by atoms with van der Waals surface area (Å²) in [7, 11) is 0. The lowest BCUT2D eigenvalue weighted by Crippen LogP contribution is -2.45. The number of fused-ring (bicyclic) bond motifs is 3. The Bertz CT molecular complexity index is 1240. The fourth-order valence-electron chi connectivity index (χ4n) is 6.72. The van der Waals surface area contributed by atoms with Crippen molar-refractivity contribution in [1.82, 2.24) is 0 Å². The molecule has 0 saturated heterocycles. The molecule has 5 atom stereocenters. The summed E-state index contributed by atoms with van der Waals surface area (Å²) in [5.41, 5.74) is -1.53. The van der Waals surface area contributed by atoms with Gasteiger partial charge in [0.2, 0.25) is 0 Å². The van der Waals surface area contributed by atoms with Gasteiger partial charge >= 0.3 is 5.97 Å². The molecule has 2 fully saturated rings. The van der Waals surface area contributed by atoms with E-state index in [1.165, 1.54) is 5.56 Å². The first-order valence-electron chi connectivity index (χ1n) is 12.0. The summed E-state index contributed by atoms with van der Waals surface area (Å²) in [6.45, 7) is 6.50. The van der Waals surface area contributed by atoms with Crippen molar-refractivity contribution in [2.24, 2.45) is 22.7 Å². The SMILES string of the molecule is C[C@H]1CC[C@H](C(C)(C)c2ccccc2)[C@@H](OC(=O)[C@]23C(=O)c4ccccc4[C@H]2C3(C#N)C#N)C1. The van der Waals surface area contributed by atoms with Gasteiger partial charge < -0.3 is 4.74 Å². The molecule has 2 saturated carbocycles. The number of Topliss-reactive ketones (excluding diaryl/α,β-unsaturated/α-hetero) is 1. The Morgan fingerprint density at radius 3 is 2.35 bits per heavy atom. The van der Waals surface area contributed by atoms with Gasteiger partial charge in [0.25, 0.3) is 0 Å². The molecule has 0 radical (unpaired) electrons. The molecule has 3 aliphatic rings. The van der Waals surface area contributed by atoms with E-state index in [0.29, 0.717) is 23.5 Å². The van der Waals surface area contributed by atoms with Gasteiger partial charge in [0.05, 0.1) is 12.1 Å². The third-order valence-electron chi connectivity index (χ3n) is 8.71. The fourth-order valence-corrected chi connectivity index (χ4v) is 6.72. The number of ketones is 1. The molecule has 0 heterocycles. The molecule has 172 valence electrons. The average molecular weight is 453 g/mol. The quantitative estimate of drug-likeness (QED) is 0.462. The highest BCUT2D eigenvalue weighted by molar-refractivity contribution is 6.23. The first-order chi connectivity index (χ1) is 16.3. The molecule has 0 aromatic heterocycles. The maximum atomic E-state index is 13.9. The second-order valence-electron chi connectivity index (χ2n) is 10.7. The topological polar surface area (TPSA) is 90.9 Å². The highest BCUT2D eigenvalue weighted by atomic mass is 16.5. The Labute approximate surface area is 200 Å². The molecular formula is C29H28N2O3. The summed E-state index contributed by atoms with van der Waals surface area (Å²) >= 11 is 0.